The van der Waals surface area contributed by atoms with Crippen molar-refractivity contribution < 1.29 is 19.1 Å². The summed E-state index contributed by atoms with van der Waals surface area (Å²) in [5.74, 6) is -0.645. The molecule has 0 spiro atoms. The van der Waals surface area contributed by atoms with Gasteiger partial charge in [-0.25, -0.2) is 4.79 Å². The molecule has 0 aromatic heterocycles. The van der Waals surface area contributed by atoms with Crippen molar-refractivity contribution in [3.63, 3.8) is 0 Å². The molecule has 0 aliphatic heterocycles. The Kier molecular flexibility index (Phi) is 12.6. The number of ether oxygens (including phenoxy) is 1. The third kappa shape index (κ3) is 9.67. The second kappa shape index (κ2) is 14.4. The molecule has 0 bridgehead atoms. The predicted molar refractivity (Wildman–Crippen MR) is 150 cm³/mol. The molecule has 0 aliphatic carbocycles. The van der Waals surface area contributed by atoms with Crippen molar-refractivity contribution in [2.45, 2.75) is 132 Å². The molecule has 1 aromatic carbocycles. The molecule has 37 heavy (non-hydrogen) atoms. The summed E-state index contributed by atoms with van der Waals surface area (Å²) in [6, 6.07) is 4.04. The molecule has 3 amide bonds. The number of aryl methyl sites for hydroxylation is 2. The lowest BCUT2D eigenvalue weighted by Crippen LogP contribution is -2.57. The molecule has 5 atom stereocenters. The first-order valence-corrected chi connectivity index (χ1v) is 13.9. The Labute approximate surface area is 225 Å². The van der Waals surface area contributed by atoms with Crippen LogP contribution in [0.2, 0.25) is 0 Å². The maximum Gasteiger partial charge on any atom is 0.408 e. The van der Waals surface area contributed by atoms with E-state index in [2.05, 4.69) is 17.6 Å². The van der Waals surface area contributed by atoms with Gasteiger partial charge in [0.1, 0.15) is 17.7 Å². The fourth-order valence-electron chi connectivity index (χ4n) is 4.45. The molecule has 7 heteroatoms. The Morgan fingerprint density at radius 1 is 0.973 bits per heavy atom. The van der Waals surface area contributed by atoms with Crippen molar-refractivity contribution in [3.05, 3.63) is 34.9 Å². The van der Waals surface area contributed by atoms with E-state index in [1.165, 1.54) is 0 Å². The van der Waals surface area contributed by atoms with E-state index in [0.717, 1.165) is 29.5 Å². The number of nitrogens with zero attached hydrogens (tertiary/aromatic N) is 1. The maximum atomic E-state index is 14.3. The summed E-state index contributed by atoms with van der Waals surface area (Å²) in [6.45, 7) is 21.3. The number of amides is 3. The van der Waals surface area contributed by atoms with Crippen LogP contribution in [-0.2, 0) is 14.3 Å². The van der Waals surface area contributed by atoms with E-state index >= 15 is 0 Å². The number of hydrogen-bond acceptors (Lipinski definition) is 4. The molecule has 7 nitrogen and oxygen atoms in total. The van der Waals surface area contributed by atoms with Crippen LogP contribution in [0.15, 0.2) is 18.2 Å². The molecule has 2 N–H and O–H groups in total. The molecule has 1 rings (SSSR count). The molecule has 0 heterocycles. The van der Waals surface area contributed by atoms with Gasteiger partial charge < -0.3 is 20.3 Å². The Hall–Kier alpha value is -2.57. The maximum absolute atomic E-state index is 14.3. The average molecular weight is 518 g/mol. The molecule has 0 aliphatic rings. The van der Waals surface area contributed by atoms with E-state index < -0.39 is 23.8 Å². The summed E-state index contributed by atoms with van der Waals surface area (Å²) in [4.78, 5) is 42.7. The van der Waals surface area contributed by atoms with E-state index in [9.17, 15) is 14.4 Å². The van der Waals surface area contributed by atoms with E-state index in [1.54, 1.807) is 25.7 Å². The molecule has 5 unspecified atom stereocenters. The van der Waals surface area contributed by atoms with Crippen LogP contribution in [-0.4, -0.2) is 46.5 Å². The highest BCUT2D eigenvalue weighted by atomic mass is 16.6. The van der Waals surface area contributed by atoms with Crippen LogP contribution in [0, 0.1) is 19.8 Å². The Balaban J connectivity index is 3.64. The standard InChI is InChI=1S/C30H51N3O4/c1-12-15-22(7)31-27(34)26(24-17-16-19(4)18-21(24)6)33(23(8)14-3)28(35)25(20(5)13-2)32-29(36)37-30(9,10)11/h16-18,20,22-23,25-26H,12-15H2,1-11H3,(H,31,34)(H,32,36). The zero-order chi connectivity index (χ0) is 28.5. The summed E-state index contributed by atoms with van der Waals surface area (Å²) >= 11 is 0. The lowest BCUT2D eigenvalue weighted by molar-refractivity contribution is -0.146. The van der Waals surface area contributed by atoms with Crippen molar-refractivity contribution in [1.82, 2.24) is 15.5 Å². The van der Waals surface area contributed by atoms with Gasteiger partial charge in [0.25, 0.3) is 0 Å². The minimum atomic E-state index is -0.831. The number of carbonyl (C=O) groups is 3. The third-order valence-corrected chi connectivity index (χ3v) is 6.83. The molecular formula is C30H51N3O4. The quantitative estimate of drug-likeness (QED) is 0.345. The molecule has 0 fully saturated rings. The molecule has 1 aromatic rings. The first-order chi connectivity index (χ1) is 17.2. The van der Waals surface area contributed by atoms with Crippen LogP contribution in [0.3, 0.4) is 0 Å². The van der Waals surface area contributed by atoms with Gasteiger partial charge >= 0.3 is 6.09 Å². The Morgan fingerprint density at radius 3 is 2.08 bits per heavy atom. The zero-order valence-corrected chi connectivity index (χ0v) is 25.0. The minimum Gasteiger partial charge on any atom is -0.444 e. The highest BCUT2D eigenvalue weighted by molar-refractivity contribution is 5.92. The topological polar surface area (TPSA) is 87.7 Å². The van der Waals surface area contributed by atoms with E-state index in [-0.39, 0.29) is 29.8 Å². The summed E-state index contributed by atoms with van der Waals surface area (Å²) in [6.07, 6.45) is 2.48. The van der Waals surface area contributed by atoms with Gasteiger partial charge in [-0.3, -0.25) is 9.59 Å². The van der Waals surface area contributed by atoms with Crippen molar-refractivity contribution >= 4 is 17.9 Å². The number of benzene rings is 1. The summed E-state index contributed by atoms with van der Waals surface area (Å²) in [5, 5.41) is 5.97. The largest absolute Gasteiger partial charge is 0.444 e. The molecule has 0 saturated carbocycles. The van der Waals surface area contributed by atoms with Gasteiger partial charge in [0, 0.05) is 12.1 Å². The van der Waals surface area contributed by atoms with E-state index in [4.69, 9.17) is 4.74 Å². The highest BCUT2D eigenvalue weighted by Crippen LogP contribution is 2.30. The lowest BCUT2D eigenvalue weighted by atomic mass is 9.92. The number of rotatable bonds is 12. The summed E-state index contributed by atoms with van der Waals surface area (Å²) in [5.41, 5.74) is 2.14. The van der Waals surface area contributed by atoms with Gasteiger partial charge in [-0.2, -0.15) is 0 Å². The van der Waals surface area contributed by atoms with Crippen molar-refractivity contribution in [1.29, 1.82) is 0 Å². The lowest BCUT2D eigenvalue weighted by Gasteiger charge is -2.40. The van der Waals surface area contributed by atoms with Gasteiger partial charge in [-0.05, 0) is 78.4 Å². The van der Waals surface area contributed by atoms with Gasteiger partial charge in [0.2, 0.25) is 11.8 Å². The second-order valence-corrected chi connectivity index (χ2v) is 11.5. The van der Waals surface area contributed by atoms with Gasteiger partial charge in [0.15, 0.2) is 0 Å². The van der Waals surface area contributed by atoms with Crippen molar-refractivity contribution in [2.75, 3.05) is 0 Å². The minimum absolute atomic E-state index is 0.0233. The number of carbonyl (C=O) groups excluding carboxylic acids is 3. The first-order valence-electron chi connectivity index (χ1n) is 13.9. The number of nitrogens with one attached hydrogen (secondary N) is 2. The third-order valence-electron chi connectivity index (χ3n) is 6.83. The van der Waals surface area contributed by atoms with Crippen LogP contribution < -0.4 is 10.6 Å². The van der Waals surface area contributed by atoms with Crippen LogP contribution in [0.1, 0.15) is 111 Å². The first kappa shape index (κ1) is 32.5. The van der Waals surface area contributed by atoms with Crippen LogP contribution in [0.4, 0.5) is 4.79 Å². The molecule has 210 valence electrons. The fourth-order valence-corrected chi connectivity index (χ4v) is 4.45. The SMILES string of the molecule is CCCC(C)NC(=O)C(c1ccc(C)cc1C)N(C(=O)C(NC(=O)OC(C)(C)C)C(C)CC)C(C)CC. The van der Waals surface area contributed by atoms with Crippen molar-refractivity contribution in [2.24, 2.45) is 5.92 Å². The molecular weight excluding hydrogens is 466 g/mol. The Bertz CT molecular complexity index is 909. The molecule has 0 radical (unpaired) electrons. The Morgan fingerprint density at radius 2 is 1.59 bits per heavy atom. The van der Waals surface area contributed by atoms with Gasteiger partial charge in [-0.15, -0.1) is 0 Å². The summed E-state index contributed by atoms with van der Waals surface area (Å²) in [7, 11) is 0. The monoisotopic (exact) mass is 517 g/mol. The smallest absolute Gasteiger partial charge is 0.408 e. The van der Waals surface area contributed by atoms with E-state index in [1.807, 2.05) is 66.7 Å². The van der Waals surface area contributed by atoms with Crippen LogP contribution >= 0.6 is 0 Å². The van der Waals surface area contributed by atoms with E-state index in [0.29, 0.717) is 12.8 Å². The normalized spacial score (nSPS) is 15.6. The highest BCUT2D eigenvalue weighted by Gasteiger charge is 2.40. The van der Waals surface area contributed by atoms with Crippen molar-refractivity contribution in [3.8, 4) is 0 Å². The van der Waals surface area contributed by atoms with Gasteiger partial charge in [0.05, 0.1) is 0 Å². The average Bonchev–Trinajstić information content (AvgIpc) is 2.79. The van der Waals surface area contributed by atoms with Crippen LogP contribution in [0.25, 0.3) is 0 Å². The van der Waals surface area contributed by atoms with Crippen LogP contribution in [0.5, 0.6) is 0 Å². The van der Waals surface area contributed by atoms with Gasteiger partial charge in [-0.1, -0.05) is 64.3 Å². The zero-order valence-electron chi connectivity index (χ0n) is 25.0. The predicted octanol–water partition coefficient (Wildman–Crippen LogP) is 6.22. The fraction of sp³-hybridized carbons (Fsp3) is 0.700. The summed E-state index contributed by atoms with van der Waals surface area (Å²) < 4.78 is 5.48. The number of hydrogen-bond donors (Lipinski definition) is 2. The second-order valence-electron chi connectivity index (χ2n) is 11.5. The molecule has 0 saturated heterocycles. The number of alkyl carbamates (subject to hydrolysis) is 1.